The summed E-state index contributed by atoms with van der Waals surface area (Å²) < 4.78 is 0. The van der Waals surface area contributed by atoms with Gasteiger partial charge in [-0.25, -0.2) is 0 Å². The Morgan fingerprint density at radius 1 is 0.941 bits per heavy atom. The van der Waals surface area contributed by atoms with Gasteiger partial charge in [0.15, 0.2) is 12.1 Å². The highest BCUT2D eigenvalue weighted by Crippen LogP contribution is 2.11. The molecule has 0 bridgehead atoms. The monoisotopic (exact) mass is 250 g/mol. The number of hydrogen-bond acceptors (Lipinski definition) is 7. The molecule has 0 saturated carbocycles. The van der Waals surface area contributed by atoms with E-state index >= 15 is 0 Å². The van der Waals surface area contributed by atoms with E-state index in [1.807, 2.05) is 0 Å². The van der Waals surface area contributed by atoms with Gasteiger partial charge in [-0.15, -0.1) is 0 Å². The first-order valence-electron chi connectivity index (χ1n) is 5.13. The lowest BCUT2D eigenvalue weighted by Crippen LogP contribution is -2.52. The van der Waals surface area contributed by atoms with Gasteiger partial charge in [-0.1, -0.05) is 13.8 Å². The third-order valence-electron chi connectivity index (χ3n) is 2.37. The Hall–Kier alpha value is -0.860. The molecule has 100 valence electrons. The van der Waals surface area contributed by atoms with E-state index < -0.39 is 42.2 Å². The molecule has 0 rings (SSSR count). The molecule has 17 heavy (non-hydrogen) atoms. The SMILES string of the molecule is CC(C)C(=O)C(O)[C@@H](O)[C@@H](O)[C@H](O)[C@H](O)C=O. The van der Waals surface area contributed by atoms with Gasteiger partial charge in [0.1, 0.15) is 30.5 Å². The molecular formula is C10H18O7. The summed E-state index contributed by atoms with van der Waals surface area (Å²) in [4.78, 5) is 21.5. The van der Waals surface area contributed by atoms with Crippen LogP contribution in [0.1, 0.15) is 13.8 Å². The van der Waals surface area contributed by atoms with E-state index in [0.717, 1.165) is 0 Å². The van der Waals surface area contributed by atoms with Crippen LogP contribution in [0.3, 0.4) is 0 Å². The first kappa shape index (κ1) is 16.1. The van der Waals surface area contributed by atoms with Crippen LogP contribution < -0.4 is 0 Å². The predicted molar refractivity (Wildman–Crippen MR) is 55.9 cm³/mol. The minimum absolute atomic E-state index is 0.0305. The molecule has 0 aliphatic carbocycles. The fraction of sp³-hybridized carbons (Fsp3) is 0.800. The van der Waals surface area contributed by atoms with Gasteiger partial charge in [-0.2, -0.15) is 0 Å². The Morgan fingerprint density at radius 2 is 1.41 bits per heavy atom. The average Bonchev–Trinajstić information content (AvgIpc) is 2.32. The van der Waals surface area contributed by atoms with Gasteiger partial charge in [0, 0.05) is 5.92 Å². The highest BCUT2D eigenvalue weighted by molar-refractivity contribution is 5.85. The summed E-state index contributed by atoms with van der Waals surface area (Å²) in [7, 11) is 0. The number of aliphatic hydroxyl groups excluding tert-OH is 5. The lowest BCUT2D eigenvalue weighted by Gasteiger charge is -2.27. The summed E-state index contributed by atoms with van der Waals surface area (Å²) in [5.74, 6) is -1.29. The van der Waals surface area contributed by atoms with Crippen molar-refractivity contribution in [2.24, 2.45) is 5.92 Å². The van der Waals surface area contributed by atoms with Crippen LogP contribution in [0.15, 0.2) is 0 Å². The van der Waals surface area contributed by atoms with Crippen molar-refractivity contribution in [2.75, 3.05) is 0 Å². The van der Waals surface area contributed by atoms with Crippen LogP contribution in [0.4, 0.5) is 0 Å². The zero-order valence-corrected chi connectivity index (χ0v) is 9.59. The molecule has 7 heteroatoms. The van der Waals surface area contributed by atoms with Gasteiger partial charge in [0.2, 0.25) is 0 Å². The molecule has 0 aliphatic heterocycles. The van der Waals surface area contributed by atoms with Crippen molar-refractivity contribution in [3.8, 4) is 0 Å². The predicted octanol–water partition coefficient (Wildman–Crippen LogP) is -2.79. The number of hydrogen-bond donors (Lipinski definition) is 5. The van der Waals surface area contributed by atoms with Crippen molar-refractivity contribution >= 4 is 12.1 Å². The summed E-state index contributed by atoms with van der Waals surface area (Å²) in [6.07, 6.45) is -9.78. The second kappa shape index (κ2) is 6.77. The Labute approximate surface area is 98.3 Å². The lowest BCUT2D eigenvalue weighted by molar-refractivity contribution is -0.156. The minimum Gasteiger partial charge on any atom is -0.387 e. The number of aliphatic hydroxyl groups is 5. The molecule has 0 saturated heterocycles. The van der Waals surface area contributed by atoms with Crippen molar-refractivity contribution in [3.05, 3.63) is 0 Å². The van der Waals surface area contributed by atoms with Crippen LogP contribution in [0.25, 0.3) is 0 Å². The maximum absolute atomic E-state index is 11.3. The smallest absolute Gasteiger partial charge is 0.166 e. The second-order valence-corrected chi connectivity index (χ2v) is 4.10. The Kier molecular flexibility index (Phi) is 6.43. The Balaban J connectivity index is 4.64. The maximum atomic E-state index is 11.3. The van der Waals surface area contributed by atoms with E-state index in [-0.39, 0.29) is 6.29 Å². The molecule has 0 heterocycles. The highest BCUT2D eigenvalue weighted by atomic mass is 16.4. The van der Waals surface area contributed by atoms with Crippen molar-refractivity contribution in [2.45, 2.75) is 44.4 Å². The number of carbonyl (C=O) groups excluding carboxylic acids is 2. The fourth-order valence-corrected chi connectivity index (χ4v) is 1.18. The molecule has 0 fully saturated rings. The van der Waals surface area contributed by atoms with Crippen LogP contribution in [0, 0.1) is 5.92 Å². The van der Waals surface area contributed by atoms with Gasteiger partial charge in [-0.05, 0) is 0 Å². The van der Waals surface area contributed by atoms with E-state index in [0.29, 0.717) is 0 Å². The van der Waals surface area contributed by atoms with E-state index in [2.05, 4.69) is 0 Å². The third kappa shape index (κ3) is 4.14. The standard InChI is InChI=1S/C10H18O7/c1-4(2)6(13)8(15)10(17)9(16)7(14)5(12)3-11/h3-5,7-10,12,14-17H,1-2H3/t5-,7-,8?,9+,10-/m1/s1. The molecule has 7 nitrogen and oxygen atoms in total. The normalized spacial score (nSPS) is 20.5. The molecule has 0 aromatic carbocycles. The number of ketones is 1. The quantitative estimate of drug-likeness (QED) is 0.308. The number of carbonyl (C=O) groups is 2. The van der Waals surface area contributed by atoms with Gasteiger partial charge < -0.3 is 30.3 Å². The summed E-state index contributed by atoms with van der Waals surface area (Å²) in [5, 5.41) is 46.3. The van der Waals surface area contributed by atoms with Crippen molar-refractivity contribution in [3.63, 3.8) is 0 Å². The van der Waals surface area contributed by atoms with Crippen molar-refractivity contribution in [1.29, 1.82) is 0 Å². The third-order valence-corrected chi connectivity index (χ3v) is 2.37. The first-order chi connectivity index (χ1) is 7.73. The molecule has 0 aromatic rings. The van der Waals surface area contributed by atoms with Crippen LogP contribution in [-0.2, 0) is 9.59 Å². The molecule has 0 spiro atoms. The number of aldehydes is 1. The number of rotatable bonds is 7. The molecule has 0 aromatic heterocycles. The Bertz CT molecular complexity index is 265. The van der Waals surface area contributed by atoms with Crippen LogP contribution >= 0.6 is 0 Å². The van der Waals surface area contributed by atoms with Crippen molar-refractivity contribution < 1.29 is 35.1 Å². The summed E-state index contributed by atoms with van der Waals surface area (Å²) >= 11 is 0. The van der Waals surface area contributed by atoms with Crippen molar-refractivity contribution in [1.82, 2.24) is 0 Å². The fourth-order valence-electron chi connectivity index (χ4n) is 1.18. The average molecular weight is 250 g/mol. The molecule has 1 unspecified atom stereocenters. The molecule has 5 atom stereocenters. The molecule has 0 aliphatic rings. The van der Waals surface area contributed by atoms with Gasteiger partial charge >= 0.3 is 0 Å². The number of Topliss-reactive ketones (excluding diaryl/α,β-unsaturated/α-hetero) is 1. The van der Waals surface area contributed by atoms with Gasteiger partial charge in [0.25, 0.3) is 0 Å². The molecule has 0 amide bonds. The minimum atomic E-state index is -2.01. The zero-order valence-electron chi connectivity index (χ0n) is 9.59. The lowest BCUT2D eigenvalue weighted by atomic mass is 9.93. The van der Waals surface area contributed by atoms with Gasteiger partial charge in [-0.3, -0.25) is 4.79 Å². The first-order valence-corrected chi connectivity index (χ1v) is 5.13. The topological polar surface area (TPSA) is 135 Å². The largest absolute Gasteiger partial charge is 0.387 e. The van der Waals surface area contributed by atoms with Crippen LogP contribution in [0.5, 0.6) is 0 Å². The van der Waals surface area contributed by atoms with E-state index in [1.54, 1.807) is 0 Å². The van der Waals surface area contributed by atoms with Crippen LogP contribution in [-0.4, -0.2) is 68.1 Å². The molecular weight excluding hydrogens is 232 g/mol. The van der Waals surface area contributed by atoms with E-state index in [9.17, 15) is 30.0 Å². The van der Waals surface area contributed by atoms with Gasteiger partial charge in [0.05, 0.1) is 0 Å². The second-order valence-electron chi connectivity index (χ2n) is 4.10. The molecule has 5 N–H and O–H groups in total. The van der Waals surface area contributed by atoms with E-state index in [1.165, 1.54) is 13.8 Å². The summed E-state index contributed by atoms with van der Waals surface area (Å²) in [6, 6.07) is 0. The highest BCUT2D eigenvalue weighted by Gasteiger charge is 2.37. The summed E-state index contributed by atoms with van der Waals surface area (Å²) in [5.41, 5.74) is 0. The van der Waals surface area contributed by atoms with Crippen LogP contribution in [0.2, 0.25) is 0 Å². The summed E-state index contributed by atoms with van der Waals surface area (Å²) in [6.45, 7) is 2.97. The maximum Gasteiger partial charge on any atom is 0.166 e. The Morgan fingerprint density at radius 3 is 1.76 bits per heavy atom. The van der Waals surface area contributed by atoms with E-state index in [4.69, 9.17) is 5.11 Å². The zero-order chi connectivity index (χ0) is 13.7. The molecule has 0 radical (unpaired) electrons.